The average Bonchev–Trinajstić information content (AvgIpc) is 2.29. The summed E-state index contributed by atoms with van der Waals surface area (Å²) in [4.78, 5) is 15.1. The van der Waals surface area contributed by atoms with Crippen LogP contribution in [0.1, 0.15) is 24.5 Å². The Morgan fingerprint density at radius 1 is 1.56 bits per heavy atom. The number of pyridine rings is 1. The van der Waals surface area contributed by atoms with Crippen LogP contribution in [-0.4, -0.2) is 24.7 Å². The van der Waals surface area contributed by atoms with Gasteiger partial charge in [0.2, 0.25) is 5.88 Å². The molecule has 1 aromatic rings. The van der Waals surface area contributed by atoms with Gasteiger partial charge in [-0.15, -0.1) is 0 Å². The summed E-state index contributed by atoms with van der Waals surface area (Å²) in [5.74, 6) is -0.683. The minimum atomic E-state index is -2.81. The number of esters is 1. The number of hydrogen-bond donors (Lipinski definition) is 1. The summed E-state index contributed by atoms with van der Waals surface area (Å²) in [7, 11) is 1.28. The van der Waals surface area contributed by atoms with E-state index in [1.807, 2.05) is 0 Å². The smallest absolute Gasteiger partial charge is 0.310 e. The molecular formula is C11H14F2N2O3. The molecule has 0 radical (unpaired) electrons. The number of hydrogen-bond acceptors (Lipinski definition) is 5. The van der Waals surface area contributed by atoms with Gasteiger partial charge in [-0.05, 0) is 6.92 Å². The first kappa shape index (κ1) is 14.1. The van der Waals surface area contributed by atoms with Gasteiger partial charge >= 0.3 is 5.97 Å². The van der Waals surface area contributed by atoms with Crippen LogP contribution in [0.4, 0.5) is 14.5 Å². The van der Waals surface area contributed by atoms with Gasteiger partial charge < -0.3 is 15.2 Å². The molecule has 0 aliphatic heterocycles. The van der Waals surface area contributed by atoms with Crippen LogP contribution in [0.5, 0.6) is 5.88 Å². The number of nitrogen functional groups attached to an aromatic ring is 1. The summed E-state index contributed by atoms with van der Waals surface area (Å²) in [6.07, 6.45) is -2.09. The van der Waals surface area contributed by atoms with Gasteiger partial charge in [0.25, 0.3) is 6.43 Å². The highest BCUT2D eigenvalue weighted by atomic mass is 19.3. The second-order valence-electron chi connectivity index (χ2n) is 3.40. The first-order valence-electron chi connectivity index (χ1n) is 5.26. The molecule has 1 rings (SSSR count). The van der Waals surface area contributed by atoms with Gasteiger partial charge in [0.15, 0.2) is 0 Å². The number of carbonyl (C=O) groups is 1. The third-order valence-electron chi connectivity index (χ3n) is 2.25. The maximum absolute atomic E-state index is 12.9. The van der Waals surface area contributed by atoms with Crippen LogP contribution in [0.3, 0.4) is 0 Å². The van der Waals surface area contributed by atoms with E-state index >= 15 is 0 Å². The van der Waals surface area contributed by atoms with Crippen molar-refractivity contribution in [2.24, 2.45) is 0 Å². The number of alkyl halides is 2. The topological polar surface area (TPSA) is 74.4 Å². The van der Waals surface area contributed by atoms with Gasteiger partial charge in [-0.3, -0.25) is 4.79 Å². The Labute approximate surface area is 103 Å². The Kier molecular flexibility index (Phi) is 4.82. The van der Waals surface area contributed by atoms with Crippen molar-refractivity contribution in [1.29, 1.82) is 0 Å². The Balaban J connectivity index is 3.19. The van der Waals surface area contributed by atoms with Crippen LogP contribution in [0.25, 0.3) is 0 Å². The number of halogens is 2. The van der Waals surface area contributed by atoms with Gasteiger partial charge in [-0.2, -0.15) is 0 Å². The first-order valence-corrected chi connectivity index (χ1v) is 5.26. The van der Waals surface area contributed by atoms with E-state index in [0.29, 0.717) is 0 Å². The standard InChI is InChI=1S/C11H14F2N2O3/c1-3-18-8(16)4-6-9(10(12)13)7(14)5-15-11(6)17-2/h5,10H,3-4,14H2,1-2H3. The van der Waals surface area contributed by atoms with Crippen LogP contribution in [-0.2, 0) is 16.0 Å². The summed E-state index contributed by atoms with van der Waals surface area (Å²) in [6, 6.07) is 0. The average molecular weight is 260 g/mol. The summed E-state index contributed by atoms with van der Waals surface area (Å²) in [6.45, 7) is 1.79. The number of rotatable bonds is 5. The molecular weight excluding hydrogens is 246 g/mol. The molecule has 0 fully saturated rings. The molecule has 0 unspecified atom stereocenters. The van der Waals surface area contributed by atoms with E-state index in [4.69, 9.17) is 15.2 Å². The van der Waals surface area contributed by atoms with E-state index in [0.717, 1.165) is 6.20 Å². The molecule has 0 amide bonds. The van der Waals surface area contributed by atoms with E-state index in [9.17, 15) is 13.6 Å². The molecule has 7 heteroatoms. The highest BCUT2D eigenvalue weighted by Crippen LogP contribution is 2.33. The third kappa shape index (κ3) is 3.06. The van der Waals surface area contributed by atoms with Crippen molar-refractivity contribution in [2.45, 2.75) is 19.8 Å². The van der Waals surface area contributed by atoms with Crippen LogP contribution >= 0.6 is 0 Å². The number of ether oxygens (including phenoxy) is 2. The number of anilines is 1. The van der Waals surface area contributed by atoms with Crippen molar-refractivity contribution in [3.63, 3.8) is 0 Å². The molecule has 5 nitrogen and oxygen atoms in total. The van der Waals surface area contributed by atoms with Gasteiger partial charge in [-0.25, -0.2) is 13.8 Å². The minimum absolute atomic E-state index is 0.0362. The summed E-state index contributed by atoms with van der Waals surface area (Å²) in [5, 5.41) is 0. The largest absolute Gasteiger partial charge is 0.481 e. The zero-order valence-electron chi connectivity index (χ0n) is 10.1. The maximum atomic E-state index is 12.9. The van der Waals surface area contributed by atoms with E-state index < -0.39 is 18.0 Å². The van der Waals surface area contributed by atoms with Crippen molar-refractivity contribution in [3.8, 4) is 5.88 Å². The van der Waals surface area contributed by atoms with E-state index in [2.05, 4.69) is 4.98 Å². The lowest BCUT2D eigenvalue weighted by atomic mass is 10.1. The number of nitrogens with zero attached hydrogens (tertiary/aromatic N) is 1. The monoisotopic (exact) mass is 260 g/mol. The van der Waals surface area contributed by atoms with Crippen molar-refractivity contribution >= 4 is 11.7 Å². The molecule has 2 N–H and O–H groups in total. The molecule has 0 spiro atoms. The zero-order chi connectivity index (χ0) is 13.7. The van der Waals surface area contributed by atoms with E-state index in [1.54, 1.807) is 6.92 Å². The highest BCUT2D eigenvalue weighted by molar-refractivity contribution is 5.75. The Morgan fingerprint density at radius 3 is 2.72 bits per heavy atom. The van der Waals surface area contributed by atoms with Crippen LogP contribution in [0.2, 0.25) is 0 Å². The van der Waals surface area contributed by atoms with Crippen molar-refractivity contribution < 1.29 is 23.0 Å². The zero-order valence-corrected chi connectivity index (χ0v) is 10.1. The lowest BCUT2D eigenvalue weighted by molar-refractivity contribution is -0.142. The second kappa shape index (κ2) is 6.13. The molecule has 0 aliphatic carbocycles. The summed E-state index contributed by atoms with van der Waals surface area (Å²) in [5.41, 5.74) is 4.80. The fourth-order valence-corrected chi connectivity index (χ4v) is 1.53. The molecule has 100 valence electrons. The first-order chi connectivity index (χ1) is 8.51. The van der Waals surface area contributed by atoms with E-state index in [-0.39, 0.29) is 30.2 Å². The molecule has 0 saturated carbocycles. The summed E-state index contributed by atoms with van der Waals surface area (Å²) >= 11 is 0. The van der Waals surface area contributed by atoms with Gasteiger partial charge in [0.05, 0.1) is 37.6 Å². The van der Waals surface area contributed by atoms with E-state index in [1.165, 1.54) is 7.11 Å². The normalized spacial score (nSPS) is 10.5. The Morgan fingerprint density at radius 2 is 2.22 bits per heavy atom. The number of methoxy groups -OCH3 is 1. The molecule has 1 heterocycles. The third-order valence-corrected chi connectivity index (χ3v) is 2.25. The molecule has 18 heavy (non-hydrogen) atoms. The Bertz CT molecular complexity index is 439. The number of nitrogens with two attached hydrogens (primary N) is 1. The number of aromatic nitrogens is 1. The van der Waals surface area contributed by atoms with Crippen LogP contribution < -0.4 is 10.5 Å². The van der Waals surface area contributed by atoms with Gasteiger partial charge in [0, 0.05) is 5.56 Å². The second-order valence-corrected chi connectivity index (χ2v) is 3.40. The lowest BCUT2D eigenvalue weighted by Crippen LogP contribution is -2.13. The molecule has 0 atom stereocenters. The number of carbonyl (C=O) groups excluding carboxylic acids is 1. The molecule has 0 aromatic carbocycles. The Hall–Kier alpha value is -1.92. The van der Waals surface area contributed by atoms with Gasteiger partial charge in [0.1, 0.15) is 0 Å². The maximum Gasteiger partial charge on any atom is 0.310 e. The van der Waals surface area contributed by atoms with Crippen molar-refractivity contribution in [1.82, 2.24) is 4.98 Å². The molecule has 0 bridgehead atoms. The predicted octanol–water partition coefficient (Wildman–Crippen LogP) is 1.72. The van der Waals surface area contributed by atoms with Gasteiger partial charge in [-0.1, -0.05) is 0 Å². The predicted molar refractivity (Wildman–Crippen MR) is 60.5 cm³/mol. The fourth-order valence-electron chi connectivity index (χ4n) is 1.53. The van der Waals surface area contributed by atoms with Crippen LogP contribution in [0.15, 0.2) is 6.20 Å². The molecule has 0 saturated heterocycles. The SMILES string of the molecule is CCOC(=O)Cc1c(OC)ncc(N)c1C(F)F. The van der Waals surface area contributed by atoms with Crippen molar-refractivity contribution in [3.05, 3.63) is 17.3 Å². The fraction of sp³-hybridized carbons (Fsp3) is 0.455. The molecule has 1 aromatic heterocycles. The van der Waals surface area contributed by atoms with Crippen LogP contribution in [0, 0.1) is 0 Å². The quantitative estimate of drug-likeness (QED) is 0.816. The minimum Gasteiger partial charge on any atom is -0.481 e. The highest BCUT2D eigenvalue weighted by Gasteiger charge is 2.23. The summed E-state index contributed by atoms with van der Waals surface area (Å²) < 4.78 is 35.4. The molecule has 0 aliphatic rings. The lowest BCUT2D eigenvalue weighted by Gasteiger charge is -2.14. The van der Waals surface area contributed by atoms with Crippen molar-refractivity contribution in [2.75, 3.05) is 19.5 Å².